The highest BCUT2D eigenvalue weighted by molar-refractivity contribution is 9.11. The van der Waals surface area contributed by atoms with Gasteiger partial charge in [-0.05, 0) is 71.2 Å². The van der Waals surface area contributed by atoms with Gasteiger partial charge >= 0.3 is 0 Å². The van der Waals surface area contributed by atoms with E-state index >= 15 is 0 Å². The minimum absolute atomic E-state index is 0.0764. The van der Waals surface area contributed by atoms with Gasteiger partial charge in [-0.1, -0.05) is 27.5 Å². The number of hydrogen-bond acceptors (Lipinski definition) is 1. The Hall–Kier alpha value is -0.640. The second kappa shape index (κ2) is 5.78. The van der Waals surface area contributed by atoms with Crippen molar-refractivity contribution in [3.63, 3.8) is 0 Å². The number of carbonyl (C=O) groups excluding carboxylic acids is 1. The molecule has 0 atom stereocenters. The van der Waals surface area contributed by atoms with Crippen LogP contribution in [-0.4, -0.2) is 5.78 Å². The van der Waals surface area contributed by atoms with Crippen molar-refractivity contribution in [3.05, 3.63) is 66.6 Å². The van der Waals surface area contributed by atoms with Gasteiger partial charge < -0.3 is 0 Å². The van der Waals surface area contributed by atoms with Crippen LogP contribution in [0.2, 0.25) is 5.02 Å². The fraction of sp³-hybridized carbons (Fsp3) is 0.133. The van der Waals surface area contributed by atoms with E-state index < -0.39 is 0 Å². The van der Waals surface area contributed by atoms with Gasteiger partial charge in [0.25, 0.3) is 0 Å². The number of aryl methyl sites for hydroxylation is 2. The molecule has 0 saturated carbocycles. The first-order chi connectivity index (χ1) is 8.90. The zero-order valence-electron chi connectivity index (χ0n) is 10.4. The Morgan fingerprint density at radius 3 is 2.26 bits per heavy atom. The van der Waals surface area contributed by atoms with Crippen LogP contribution < -0.4 is 0 Å². The highest BCUT2D eigenvalue weighted by Crippen LogP contribution is 2.28. The molecule has 0 amide bonds. The third-order valence-corrected chi connectivity index (χ3v) is 4.47. The van der Waals surface area contributed by atoms with Crippen LogP contribution in [0.15, 0.2) is 39.3 Å². The van der Waals surface area contributed by atoms with Crippen LogP contribution in [0.4, 0.5) is 0 Å². The molecule has 0 heterocycles. The number of carbonyl (C=O) groups is 1. The van der Waals surface area contributed by atoms with E-state index in [-0.39, 0.29) is 5.78 Å². The molecule has 0 aliphatic heterocycles. The molecule has 2 aromatic rings. The van der Waals surface area contributed by atoms with Crippen LogP contribution in [0.3, 0.4) is 0 Å². The number of rotatable bonds is 2. The van der Waals surface area contributed by atoms with Gasteiger partial charge in [-0.2, -0.15) is 0 Å². The van der Waals surface area contributed by atoms with Gasteiger partial charge in [-0.15, -0.1) is 0 Å². The monoisotopic (exact) mass is 400 g/mol. The van der Waals surface area contributed by atoms with Crippen molar-refractivity contribution in [2.24, 2.45) is 0 Å². The van der Waals surface area contributed by atoms with Gasteiger partial charge in [0.15, 0.2) is 5.78 Å². The molecule has 0 aliphatic carbocycles. The number of ketones is 1. The summed E-state index contributed by atoms with van der Waals surface area (Å²) in [4.78, 5) is 12.5. The Morgan fingerprint density at radius 2 is 1.63 bits per heavy atom. The Bertz CT molecular complexity index is 665. The maximum atomic E-state index is 12.5. The molecule has 0 radical (unpaired) electrons. The summed E-state index contributed by atoms with van der Waals surface area (Å²) in [6, 6.07) is 9.14. The maximum Gasteiger partial charge on any atom is 0.195 e. The van der Waals surface area contributed by atoms with Crippen molar-refractivity contribution in [2.45, 2.75) is 13.8 Å². The summed E-state index contributed by atoms with van der Waals surface area (Å²) >= 11 is 13.0. The normalized spacial score (nSPS) is 10.6. The number of hydrogen-bond donors (Lipinski definition) is 0. The summed E-state index contributed by atoms with van der Waals surface area (Å²) in [6.07, 6.45) is 0. The lowest BCUT2D eigenvalue weighted by molar-refractivity contribution is 0.103. The Morgan fingerprint density at radius 1 is 1.00 bits per heavy atom. The van der Waals surface area contributed by atoms with Crippen molar-refractivity contribution in [3.8, 4) is 0 Å². The zero-order chi connectivity index (χ0) is 14.2. The summed E-state index contributed by atoms with van der Waals surface area (Å²) in [6.45, 7) is 3.95. The second-order valence-electron chi connectivity index (χ2n) is 4.37. The number of benzene rings is 2. The molecule has 0 fully saturated rings. The quantitative estimate of drug-likeness (QED) is 0.588. The fourth-order valence-electron chi connectivity index (χ4n) is 1.77. The first-order valence-electron chi connectivity index (χ1n) is 5.66. The van der Waals surface area contributed by atoms with Gasteiger partial charge in [0, 0.05) is 20.1 Å². The molecule has 0 saturated heterocycles. The van der Waals surface area contributed by atoms with Crippen LogP contribution in [0.25, 0.3) is 0 Å². The summed E-state index contributed by atoms with van der Waals surface area (Å²) in [5, 5.41) is 0.489. The van der Waals surface area contributed by atoms with Crippen molar-refractivity contribution >= 4 is 49.2 Å². The molecule has 0 N–H and O–H groups in total. The highest BCUT2D eigenvalue weighted by atomic mass is 79.9. The topological polar surface area (TPSA) is 17.1 Å². The van der Waals surface area contributed by atoms with Crippen molar-refractivity contribution in [1.82, 2.24) is 0 Å². The Kier molecular flexibility index (Phi) is 4.49. The van der Waals surface area contributed by atoms with E-state index in [4.69, 9.17) is 11.6 Å². The van der Waals surface area contributed by atoms with E-state index in [2.05, 4.69) is 31.9 Å². The summed E-state index contributed by atoms with van der Waals surface area (Å²) in [5.74, 6) is -0.0764. The second-order valence-corrected chi connectivity index (χ2v) is 6.55. The molecule has 0 aliphatic rings. The molecule has 4 heteroatoms. The van der Waals surface area contributed by atoms with Crippen molar-refractivity contribution in [1.29, 1.82) is 0 Å². The molecule has 2 aromatic carbocycles. The van der Waals surface area contributed by atoms with Crippen LogP contribution in [-0.2, 0) is 0 Å². The Balaban J connectivity index is 2.53. The maximum absolute atomic E-state index is 12.5. The first kappa shape index (κ1) is 14.8. The SMILES string of the molecule is Cc1cc(Cl)c(C(=O)c2ccc(Br)cc2Br)cc1C. The third kappa shape index (κ3) is 3.10. The minimum atomic E-state index is -0.0764. The van der Waals surface area contributed by atoms with Gasteiger partial charge in [0.2, 0.25) is 0 Å². The third-order valence-electron chi connectivity index (χ3n) is 3.00. The van der Waals surface area contributed by atoms with E-state index in [1.54, 1.807) is 6.07 Å². The largest absolute Gasteiger partial charge is 0.289 e. The molecule has 2 rings (SSSR count). The summed E-state index contributed by atoms with van der Waals surface area (Å²) in [5.41, 5.74) is 3.28. The molecule has 0 bridgehead atoms. The summed E-state index contributed by atoms with van der Waals surface area (Å²) < 4.78 is 1.67. The van der Waals surface area contributed by atoms with Crippen LogP contribution in [0.5, 0.6) is 0 Å². The van der Waals surface area contributed by atoms with E-state index in [1.807, 2.05) is 38.1 Å². The molecule has 0 aromatic heterocycles. The molecular formula is C15H11Br2ClO. The molecule has 0 spiro atoms. The predicted octanol–water partition coefficient (Wildman–Crippen LogP) is 5.71. The van der Waals surface area contributed by atoms with Crippen LogP contribution >= 0.6 is 43.5 Å². The predicted molar refractivity (Wildman–Crippen MR) is 86.2 cm³/mol. The van der Waals surface area contributed by atoms with Gasteiger partial charge in [0.05, 0.1) is 5.02 Å². The standard InChI is InChI=1S/C15H11Br2ClO/c1-8-5-12(14(18)6-9(8)2)15(19)11-4-3-10(16)7-13(11)17/h3-7H,1-2H3. The smallest absolute Gasteiger partial charge is 0.195 e. The van der Waals surface area contributed by atoms with E-state index in [0.717, 1.165) is 20.1 Å². The molecular weight excluding hydrogens is 391 g/mol. The van der Waals surface area contributed by atoms with Crippen LogP contribution in [0.1, 0.15) is 27.0 Å². The van der Waals surface area contributed by atoms with Gasteiger partial charge in [-0.3, -0.25) is 4.79 Å². The molecule has 19 heavy (non-hydrogen) atoms. The lowest BCUT2D eigenvalue weighted by Crippen LogP contribution is -2.04. The van der Waals surface area contributed by atoms with E-state index in [0.29, 0.717) is 16.1 Å². The minimum Gasteiger partial charge on any atom is -0.289 e. The molecule has 1 nitrogen and oxygen atoms in total. The summed E-state index contributed by atoms with van der Waals surface area (Å²) in [7, 11) is 0. The average Bonchev–Trinajstić information content (AvgIpc) is 2.33. The first-order valence-corrected chi connectivity index (χ1v) is 7.63. The van der Waals surface area contributed by atoms with Gasteiger partial charge in [-0.25, -0.2) is 0 Å². The fourth-order valence-corrected chi connectivity index (χ4v) is 3.30. The van der Waals surface area contributed by atoms with Gasteiger partial charge in [0.1, 0.15) is 0 Å². The number of halogens is 3. The molecule has 0 unspecified atom stereocenters. The lowest BCUT2D eigenvalue weighted by atomic mass is 9.99. The van der Waals surface area contributed by atoms with E-state index in [1.165, 1.54) is 0 Å². The zero-order valence-corrected chi connectivity index (χ0v) is 14.4. The highest BCUT2D eigenvalue weighted by Gasteiger charge is 2.16. The lowest BCUT2D eigenvalue weighted by Gasteiger charge is -2.09. The average molecular weight is 403 g/mol. The Labute approximate surface area is 134 Å². The van der Waals surface area contributed by atoms with Crippen molar-refractivity contribution in [2.75, 3.05) is 0 Å². The van der Waals surface area contributed by atoms with Crippen LogP contribution in [0, 0.1) is 13.8 Å². The van der Waals surface area contributed by atoms with Crippen molar-refractivity contribution < 1.29 is 4.79 Å². The van der Waals surface area contributed by atoms with E-state index in [9.17, 15) is 4.79 Å². The molecule has 98 valence electrons.